The summed E-state index contributed by atoms with van der Waals surface area (Å²) in [4.78, 5) is 0. The lowest BCUT2D eigenvalue weighted by Gasteiger charge is -2.17. The number of benzene rings is 2. The fourth-order valence-electron chi connectivity index (χ4n) is 1.81. The van der Waals surface area contributed by atoms with Crippen LogP contribution in [0.15, 0.2) is 40.9 Å². The van der Waals surface area contributed by atoms with Crippen LogP contribution in [0.2, 0.25) is 0 Å². The molecule has 0 aliphatic carbocycles. The number of nitrogens with one attached hydrogen (secondary N) is 1. The highest BCUT2D eigenvalue weighted by atomic mass is 79.9. The number of rotatable bonds is 3. The van der Waals surface area contributed by atoms with E-state index in [4.69, 9.17) is 5.73 Å². The number of nitrogens with two attached hydrogens (primary N) is 1. The van der Waals surface area contributed by atoms with Gasteiger partial charge in [0.15, 0.2) is 11.6 Å². The summed E-state index contributed by atoms with van der Waals surface area (Å²) in [5.41, 5.74) is 6.20. The van der Waals surface area contributed by atoms with Gasteiger partial charge in [-0.1, -0.05) is 28.1 Å². The van der Waals surface area contributed by atoms with Gasteiger partial charge in [0.25, 0.3) is 0 Å². The largest absolute Gasteiger partial charge is 0.399 e. The van der Waals surface area contributed by atoms with E-state index in [1.165, 1.54) is 0 Å². The van der Waals surface area contributed by atoms with Gasteiger partial charge in [-0.2, -0.15) is 0 Å². The molecule has 0 amide bonds. The van der Waals surface area contributed by atoms with Crippen LogP contribution < -0.4 is 11.1 Å². The van der Waals surface area contributed by atoms with E-state index < -0.39 is 11.6 Å². The van der Waals surface area contributed by atoms with Gasteiger partial charge in [-0.3, -0.25) is 0 Å². The van der Waals surface area contributed by atoms with E-state index in [9.17, 15) is 8.78 Å². The smallest absolute Gasteiger partial charge is 0.151 e. The minimum atomic E-state index is -0.695. The van der Waals surface area contributed by atoms with Gasteiger partial charge < -0.3 is 11.1 Å². The normalized spacial score (nSPS) is 12.2. The standard InChI is InChI=1S/C14H13BrF2N2/c1-8(9-3-2-4-10(15)5-9)19-14-12(16)6-11(18)7-13(14)17/h2-8,19H,18H2,1H3. The molecule has 0 fully saturated rings. The fraction of sp³-hybridized carbons (Fsp3) is 0.143. The van der Waals surface area contributed by atoms with Crippen LogP contribution in [0.5, 0.6) is 0 Å². The third kappa shape index (κ3) is 3.23. The lowest BCUT2D eigenvalue weighted by Crippen LogP contribution is -2.10. The van der Waals surface area contributed by atoms with Crippen LogP contribution >= 0.6 is 15.9 Å². The Balaban J connectivity index is 2.26. The molecule has 19 heavy (non-hydrogen) atoms. The van der Waals surface area contributed by atoms with Gasteiger partial charge in [0, 0.05) is 16.2 Å². The average molecular weight is 327 g/mol. The predicted octanol–water partition coefficient (Wildman–Crippen LogP) is 4.48. The van der Waals surface area contributed by atoms with Crippen molar-refractivity contribution in [2.45, 2.75) is 13.0 Å². The highest BCUT2D eigenvalue weighted by Gasteiger charge is 2.14. The van der Waals surface area contributed by atoms with E-state index in [-0.39, 0.29) is 17.4 Å². The van der Waals surface area contributed by atoms with Crippen LogP contribution in [0.1, 0.15) is 18.5 Å². The van der Waals surface area contributed by atoms with Crippen LogP contribution in [-0.4, -0.2) is 0 Å². The van der Waals surface area contributed by atoms with Gasteiger partial charge >= 0.3 is 0 Å². The van der Waals surface area contributed by atoms with Gasteiger partial charge in [-0.25, -0.2) is 8.78 Å². The Bertz CT molecular complexity index is 579. The van der Waals surface area contributed by atoms with E-state index in [2.05, 4.69) is 21.2 Å². The number of hydrogen-bond acceptors (Lipinski definition) is 2. The molecule has 0 bridgehead atoms. The van der Waals surface area contributed by atoms with Crippen LogP contribution in [0.4, 0.5) is 20.2 Å². The van der Waals surface area contributed by atoms with E-state index in [0.29, 0.717) is 0 Å². The first-order valence-corrected chi connectivity index (χ1v) is 6.53. The van der Waals surface area contributed by atoms with Gasteiger partial charge in [-0.15, -0.1) is 0 Å². The summed E-state index contributed by atoms with van der Waals surface area (Å²) in [5, 5.41) is 2.82. The molecule has 0 aliphatic heterocycles. The molecular weight excluding hydrogens is 314 g/mol. The van der Waals surface area contributed by atoms with Gasteiger partial charge in [0.05, 0.1) is 0 Å². The Morgan fingerprint density at radius 1 is 1.16 bits per heavy atom. The first-order valence-electron chi connectivity index (χ1n) is 5.74. The van der Waals surface area contributed by atoms with Gasteiger partial charge in [0.2, 0.25) is 0 Å². The number of hydrogen-bond donors (Lipinski definition) is 2. The number of halogens is 3. The second-order valence-corrected chi connectivity index (χ2v) is 5.20. The second-order valence-electron chi connectivity index (χ2n) is 4.28. The minimum absolute atomic E-state index is 0.0654. The Labute approximate surface area is 118 Å². The van der Waals surface area contributed by atoms with Gasteiger partial charge in [0.1, 0.15) is 5.69 Å². The Kier molecular flexibility index (Phi) is 4.04. The lowest BCUT2D eigenvalue weighted by atomic mass is 10.1. The van der Waals surface area contributed by atoms with Crippen LogP contribution in [-0.2, 0) is 0 Å². The molecule has 1 atom stereocenters. The highest BCUT2D eigenvalue weighted by Crippen LogP contribution is 2.27. The molecule has 2 rings (SSSR count). The van der Waals surface area contributed by atoms with Crippen molar-refractivity contribution < 1.29 is 8.78 Å². The van der Waals surface area contributed by atoms with Crippen molar-refractivity contribution >= 4 is 27.3 Å². The second kappa shape index (κ2) is 5.57. The molecule has 0 aliphatic rings. The van der Waals surface area contributed by atoms with Crippen LogP contribution in [0.25, 0.3) is 0 Å². The van der Waals surface area contributed by atoms with Crippen molar-refractivity contribution in [3.8, 4) is 0 Å². The zero-order valence-electron chi connectivity index (χ0n) is 10.3. The molecule has 3 N–H and O–H groups in total. The fourth-order valence-corrected chi connectivity index (χ4v) is 2.22. The van der Waals surface area contributed by atoms with Crippen LogP contribution in [0, 0.1) is 11.6 Å². The Hall–Kier alpha value is -1.62. The molecule has 2 aromatic carbocycles. The maximum absolute atomic E-state index is 13.7. The first-order chi connectivity index (χ1) is 8.97. The minimum Gasteiger partial charge on any atom is -0.399 e. The van der Waals surface area contributed by atoms with Crippen molar-refractivity contribution in [3.63, 3.8) is 0 Å². The zero-order chi connectivity index (χ0) is 14.0. The molecule has 0 heterocycles. The van der Waals surface area contributed by atoms with E-state index in [1.807, 2.05) is 31.2 Å². The third-order valence-corrected chi connectivity index (χ3v) is 3.27. The third-order valence-electron chi connectivity index (χ3n) is 2.77. The van der Waals surface area contributed by atoms with Crippen molar-refractivity contribution in [2.24, 2.45) is 0 Å². The first kappa shape index (κ1) is 13.8. The summed E-state index contributed by atoms with van der Waals surface area (Å²) in [6.07, 6.45) is 0. The Morgan fingerprint density at radius 2 is 1.79 bits per heavy atom. The molecule has 2 aromatic rings. The topological polar surface area (TPSA) is 38.0 Å². The zero-order valence-corrected chi connectivity index (χ0v) is 11.8. The summed E-state index contributed by atoms with van der Waals surface area (Å²) in [5.74, 6) is -1.39. The van der Waals surface area contributed by atoms with Crippen LogP contribution in [0.3, 0.4) is 0 Å². The van der Waals surface area contributed by atoms with Crippen molar-refractivity contribution in [1.29, 1.82) is 0 Å². The molecule has 1 unspecified atom stereocenters. The molecule has 5 heteroatoms. The maximum Gasteiger partial charge on any atom is 0.151 e. The summed E-state index contributed by atoms with van der Waals surface area (Å²) in [7, 11) is 0. The Morgan fingerprint density at radius 3 is 2.37 bits per heavy atom. The summed E-state index contributed by atoms with van der Waals surface area (Å²) in [6.45, 7) is 1.83. The predicted molar refractivity (Wildman–Crippen MR) is 77.0 cm³/mol. The van der Waals surface area contributed by atoms with E-state index in [1.54, 1.807) is 0 Å². The molecule has 100 valence electrons. The monoisotopic (exact) mass is 326 g/mol. The summed E-state index contributed by atoms with van der Waals surface area (Å²) in [6, 6.07) is 9.50. The summed E-state index contributed by atoms with van der Waals surface area (Å²) >= 11 is 3.36. The van der Waals surface area contributed by atoms with E-state index in [0.717, 1.165) is 22.2 Å². The molecule has 0 radical (unpaired) electrons. The molecule has 0 saturated carbocycles. The number of anilines is 2. The lowest BCUT2D eigenvalue weighted by molar-refractivity contribution is 0.585. The quantitative estimate of drug-likeness (QED) is 0.816. The number of nitrogen functional groups attached to an aromatic ring is 1. The van der Waals surface area contributed by atoms with Gasteiger partial charge in [-0.05, 0) is 36.8 Å². The van der Waals surface area contributed by atoms with Crippen molar-refractivity contribution in [2.75, 3.05) is 11.1 Å². The highest BCUT2D eigenvalue weighted by molar-refractivity contribution is 9.10. The summed E-state index contributed by atoms with van der Waals surface area (Å²) < 4.78 is 28.3. The van der Waals surface area contributed by atoms with E-state index >= 15 is 0 Å². The van der Waals surface area contributed by atoms with Crippen molar-refractivity contribution in [1.82, 2.24) is 0 Å². The molecular formula is C14H13BrF2N2. The SMILES string of the molecule is CC(Nc1c(F)cc(N)cc1F)c1cccc(Br)c1. The molecule has 2 nitrogen and oxygen atoms in total. The molecule has 0 spiro atoms. The average Bonchev–Trinajstić information content (AvgIpc) is 2.33. The molecule has 0 saturated heterocycles. The molecule has 0 aromatic heterocycles. The maximum atomic E-state index is 13.7. The van der Waals surface area contributed by atoms with Crippen molar-refractivity contribution in [3.05, 3.63) is 58.1 Å².